The van der Waals surface area contributed by atoms with E-state index in [2.05, 4.69) is 15.3 Å². The molecule has 1 fully saturated rings. The van der Waals surface area contributed by atoms with Gasteiger partial charge in [0.1, 0.15) is 0 Å². The van der Waals surface area contributed by atoms with E-state index in [1.807, 2.05) is 0 Å². The third kappa shape index (κ3) is 2.43. The van der Waals surface area contributed by atoms with Gasteiger partial charge in [-0.2, -0.15) is 4.98 Å². The molecule has 0 N–H and O–H groups in total. The predicted octanol–water partition coefficient (Wildman–Crippen LogP) is 1.69. The van der Waals surface area contributed by atoms with Crippen LogP contribution in [0.3, 0.4) is 0 Å². The monoisotopic (exact) mass is 276 g/mol. The first kappa shape index (κ1) is 12.8. The lowest BCUT2D eigenvalue weighted by Gasteiger charge is -2.30. The van der Waals surface area contributed by atoms with Crippen LogP contribution in [0.5, 0.6) is 0 Å². The molecule has 0 aliphatic carbocycles. The lowest BCUT2D eigenvalue weighted by Crippen LogP contribution is -2.39. The van der Waals surface area contributed by atoms with Crippen molar-refractivity contribution in [3.05, 3.63) is 29.2 Å². The summed E-state index contributed by atoms with van der Waals surface area (Å²) in [5.41, 5.74) is 0.703. The molecule has 0 unspecified atom stereocenters. The minimum Gasteiger partial charge on any atom is -0.351 e. The maximum atomic E-state index is 12.3. The molecule has 0 aromatic carbocycles. The van der Waals surface area contributed by atoms with Crippen molar-refractivity contribution in [1.29, 1.82) is 0 Å². The summed E-state index contributed by atoms with van der Waals surface area (Å²) in [5.74, 6) is 1.47. The molecule has 1 atom stereocenters. The number of carbonyl (C=O) groups is 1. The number of piperidine rings is 1. The summed E-state index contributed by atoms with van der Waals surface area (Å²) in [7, 11) is 0. The zero-order chi connectivity index (χ0) is 14.1. The van der Waals surface area contributed by atoms with Gasteiger partial charge in [0, 0.05) is 19.2 Å². The Kier molecular flexibility index (Phi) is 3.25. The first-order valence-corrected chi connectivity index (χ1v) is 6.66. The molecule has 20 heavy (non-hydrogen) atoms. The molecule has 2 aromatic rings. The third-order valence-electron chi connectivity index (χ3n) is 3.44. The van der Waals surface area contributed by atoms with E-state index in [9.17, 15) is 4.79 Å². The number of amides is 1. The summed E-state index contributed by atoms with van der Waals surface area (Å²) >= 11 is 0. The van der Waals surface area contributed by atoms with Crippen LogP contribution in [0.1, 0.15) is 46.7 Å². The van der Waals surface area contributed by atoms with Crippen molar-refractivity contribution in [3.63, 3.8) is 0 Å². The summed E-state index contributed by atoms with van der Waals surface area (Å²) in [5, 5.41) is 7.55. The number of rotatable bonds is 2. The molecule has 0 radical (unpaired) electrons. The molecule has 0 spiro atoms. The van der Waals surface area contributed by atoms with Gasteiger partial charge in [0.05, 0.1) is 11.6 Å². The Bertz CT molecular complexity index is 619. The van der Waals surface area contributed by atoms with Crippen LogP contribution in [0.15, 0.2) is 15.1 Å². The molecule has 1 saturated heterocycles. The molecular formula is C13H16N4O3. The number of aryl methyl sites for hydroxylation is 2. The van der Waals surface area contributed by atoms with E-state index >= 15 is 0 Å². The molecule has 3 rings (SSSR count). The van der Waals surface area contributed by atoms with Gasteiger partial charge in [0.15, 0.2) is 5.82 Å². The minimum atomic E-state index is -0.133. The molecule has 7 nitrogen and oxygen atoms in total. The number of hydrogen-bond acceptors (Lipinski definition) is 6. The van der Waals surface area contributed by atoms with E-state index in [0.717, 1.165) is 12.8 Å². The lowest BCUT2D eigenvalue weighted by atomic mass is 9.98. The molecule has 3 heterocycles. The maximum absolute atomic E-state index is 12.3. The standard InChI is InChI=1S/C13H16N4O3/c1-8-6-11(19-15-8)13(18)17-5-3-4-10(7-17)12-14-9(2)16-20-12/h6,10H,3-5,7H2,1-2H3/t10-/m0/s1. The average Bonchev–Trinajstić information content (AvgIpc) is 3.07. The van der Waals surface area contributed by atoms with Crippen LogP contribution in [-0.4, -0.2) is 39.2 Å². The largest absolute Gasteiger partial charge is 0.351 e. The van der Waals surface area contributed by atoms with Gasteiger partial charge in [-0.05, 0) is 26.7 Å². The highest BCUT2D eigenvalue weighted by Crippen LogP contribution is 2.26. The van der Waals surface area contributed by atoms with E-state index in [0.29, 0.717) is 30.5 Å². The molecule has 2 aromatic heterocycles. The summed E-state index contributed by atoms with van der Waals surface area (Å²) in [6.45, 7) is 4.86. The lowest BCUT2D eigenvalue weighted by molar-refractivity contribution is 0.0654. The molecule has 1 amide bonds. The Morgan fingerprint density at radius 2 is 2.20 bits per heavy atom. The number of carbonyl (C=O) groups excluding carboxylic acids is 1. The average molecular weight is 276 g/mol. The summed E-state index contributed by atoms with van der Waals surface area (Å²) in [6.07, 6.45) is 1.85. The van der Waals surface area contributed by atoms with Crippen LogP contribution in [0.2, 0.25) is 0 Å². The van der Waals surface area contributed by atoms with Crippen LogP contribution < -0.4 is 0 Å². The maximum Gasteiger partial charge on any atom is 0.292 e. The Balaban J connectivity index is 1.73. The van der Waals surface area contributed by atoms with Crippen LogP contribution in [0.4, 0.5) is 0 Å². The third-order valence-corrected chi connectivity index (χ3v) is 3.44. The van der Waals surface area contributed by atoms with Crippen molar-refractivity contribution in [2.45, 2.75) is 32.6 Å². The highest BCUT2D eigenvalue weighted by atomic mass is 16.5. The number of likely N-dealkylation sites (tertiary alicyclic amines) is 1. The number of hydrogen-bond donors (Lipinski definition) is 0. The molecule has 0 saturated carbocycles. The van der Waals surface area contributed by atoms with Gasteiger partial charge in [-0.1, -0.05) is 10.3 Å². The van der Waals surface area contributed by atoms with E-state index in [4.69, 9.17) is 9.05 Å². The highest BCUT2D eigenvalue weighted by molar-refractivity contribution is 5.91. The van der Waals surface area contributed by atoms with Gasteiger partial charge >= 0.3 is 0 Å². The molecule has 1 aliphatic heterocycles. The van der Waals surface area contributed by atoms with E-state index in [1.54, 1.807) is 24.8 Å². The molecule has 106 valence electrons. The normalized spacial score (nSPS) is 19.3. The first-order chi connectivity index (χ1) is 9.63. The van der Waals surface area contributed by atoms with Gasteiger partial charge in [-0.3, -0.25) is 4.79 Å². The van der Waals surface area contributed by atoms with Crippen LogP contribution >= 0.6 is 0 Å². The summed E-state index contributed by atoms with van der Waals surface area (Å²) < 4.78 is 10.2. The van der Waals surface area contributed by atoms with Crippen molar-refractivity contribution in [2.24, 2.45) is 0 Å². The van der Waals surface area contributed by atoms with Crippen molar-refractivity contribution in [3.8, 4) is 0 Å². The second-order valence-electron chi connectivity index (χ2n) is 5.10. The van der Waals surface area contributed by atoms with Crippen molar-refractivity contribution in [2.75, 3.05) is 13.1 Å². The second-order valence-corrected chi connectivity index (χ2v) is 5.10. The molecular weight excluding hydrogens is 260 g/mol. The summed E-state index contributed by atoms with van der Waals surface area (Å²) in [6, 6.07) is 1.66. The molecule has 0 bridgehead atoms. The van der Waals surface area contributed by atoms with Gasteiger partial charge in [-0.25, -0.2) is 0 Å². The predicted molar refractivity (Wildman–Crippen MR) is 68.2 cm³/mol. The van der Waals surface area contributed by atoms with Crippen LogP contribution in [0.25, 0.3) is 0 Å². The van der Waals surface area contributed by atoms with Crippen LogP contribution in [-0.2, 0) is 0 Å². The van der Waals surface area contributed by atoms with Gasteiger partial charge in [0.2, 0.25) is 11.7 Å². The Morgan fingerprint density at radius 1 is 1.35 bits per heavy atom. The fourth-order valence-electron chi connectivity index (χ4n) is 2.46. The van der Waals surface area contributed by atoms with Gasteiger partial charge < -0.3 is 13.9 Å². The van der Waals surface area contributed by atoms with Crippen molar-refractivity contribution in [1.82, 2.24) is 20.2 Å². The second kappa shape index (κ2) is 5.07. The number of nitrogens with zero attached hydrogens (tertiary/aromatic N) is 4. The van der Waals surface area contributed by atoms with Gasteiger partial charge in [0.25, 0.3) is 5.91 Å². The van der Waals surface area contributed by atoms with Crippen molar-refractivity contribution < 1.29 is 13.8 Å². The Hall–Kier alpha value is -2.18. The fourth-order valence-corrected chi connectivity index (χ4v) is 2.46. The summed E-state index contributed by atoms with van der Waals surface area (Å²) in [4.78, 5) is 18.3. The van der Waals surface area contributed by atoms with E-state index in [1.165, 1.54) is 0 Å². The zero-order valence-electron chi connectivity index (χ0n) is 11.5. The van der Waals surface area contributed by atoms with Crippen LogP contribution in [0, 0.1) is 13.8 Å². The van der Waals surface area contributed by atoms with E-state index < -0.39 is 0 Å². The Morgan fingerprint density at radius 3 is 2.85 bits per heavy atom. The topological polar surface area (TPSA) is 85.3 Å². The Labute approximate surface area is 115 Å². The highest BCUT2D eigenvalue weighted by Gasteiger charge is 2.30. The minimum absolute atomic E-state index is 0.0953. The van der Waals surface area contributed by atoms with E-state index in [-0.39, 0.29) is 17.6 Å². The fraction of sp³-hybridized carbons (Fsp3) is 0.538. The van der Waals surface area contributed by atoms with Crippen molar-refractivity contribution >= 4 is 5.91 Å². The zero-order valence-corrected chi connectivity index (χ0v) is 11.5. The molecule has 1 aliphatic rings. The smallest absolute Gasteiger partial charge is 0.292 e. The van der Waals surface area contributed by atoms with Gasteiger partial charge in [-0.15, -0.1) is 0 Å². The SMILES string of the molecule is Cc1cc(C(=O)N2CCC[C@H](c3nc(C)no3)C2)on1. The quantitative estimate of drug-likeness (QED) is 0.829. The first-order valence-electron chi connectivity index (χ1n) is 6.66. The molecule has 7 heteroatoms. The number of aromatic nitrogens is 3.